The Kier molecular flexibility index (Phi) is 9.18. The molecule has 2 fully saturated rings. The molecule has 2 aliphatic heterocycles. The topological polar surface area (TPSA) is 120 Å². The van der Waals surface area contributed by atoms with Gasteiger partial charge in [-0.1, -0.05) is 40.5 Å². The summed E-state index contributed by atoms with van der Waals surface area (Å²) in [7, 11) is 0. The Morgan fingerprint density at radius 3 is 2.54 bits per heavy atom. The molecule has 1 N–H and O–H groups in total. The lowest BCUT2D eigenvalue weighted by molar-refractivity contribution is -0.153. The molecule has 1 saturated heterocycles. The van der Waals surface area contributed by atoms with Crippen molar-refractivity contribution in [2.24, 2.45) is 17.3 Å². The predicted molar refractivity (Wildman–Crippen MR) is 162 cm³/mol. The number of benzene rings is 1. The fraction of sp³-hybridized carbons (Fsp3) is 0.667. The number of ether oxygens (including phenoxy) is 3. The van der Waals surface area contributed by atoms with Gasteiger partial charge in [-0.3, -0.25) is 9.59 Å². The second-order valence-corrected chi connectivity index (χ2v) is 14.2. The monoisotopic (exact) mass is 648 g/mol. The molecular formula is C33H43F3N4O6. The largest absolute Gasteiger partial charge is 0.484 e. The van der Waals surface area contributed by atoms with Crippen LogP contribution in [-0.2, 0) is 20.7 Å². The summed E-state index contributed by atoms with van der Waals surface area (Å²) < 4.78 is 55.6. The van der Waals surface area contributed by atoms with Crippen LogP contribution in [0.25, 0.3) is 11.0 Å². The van der Waals surface area contributed by atoms with Crippen LogP contribution in [0, 0.1) is 17.3 Å². The molecule has 10 nitrogen and oxygen atoms in total. The first-order valence-corrected chi connectivity index (χ1v) is 15.9. The first-order valence-electron chi connectivity index (χ1n) is 15.9. The van der Waals surface area contributed by atoms with Crippen LogP contribution in [0.15, 0.2) is 18.2 Å². The zero-order valence-corrected chi connectivity index (χ0v) is 27.2. The van der Waals surface area contributed by atoms with E-state index < -0.39 is 59.9 Å². The quantitative estimate of drug-likeness (QED) is 0.444. The Balaban J connectivity index is 1.50. The number of halogens is 3. The molecule has 1 saturated carbocycles. The highest BCUT2D eigenvalue weighted by molar-refractivity contribution is 5.92. The van der Waals surface area contributed by atoms with Gasteiger partial charge in [0.1, 0.15) is 29.2 Å². The van der Waals surface area contributed by atoms with Gasteiger partial charge in [-0.25, -0.2) is 14.8 Å². The Bertz CT molecular complexity index is 1490. The summed E-state index contributed by atoms with van der Waals surface area (Å²) in [6.45, 7) is 9.29. The number of nitrogens with one attached hydrogen (secondary N) is 1. The maximum Gasteiger partial charge on any atom is 0.422 e. The number of rotatable bonds is 3. The number of alkyl carbamates (subject to hydrolysis) is 1. The van der Waals surface area contributed by atoms with Crippen LogP contribution >= 0.6 is 0 Å². The van der Waals surface area contributed by atoms with Crippen molar-refractivity contribution in [2.75, 3.05) is 13.2 Å². The van der Waals surface area contributed by atoms with Crippen LogP contribution in [-0.4, -0.2) is 75.8 Å². The predicted octanol–water partition coefficient (Wildman–Crippen LogP) is 5.79. The molecule has 252 valence electrons. The number of hydrogen-bond acceptors (Lipinski definition) is 8. The number of carbonyl (C=O) groups is 3. The normalized spacial score (nSPS) is 29.4. The molecule has 2 bridgehead atoms. The summed E-state index contributed by atoms with van der Waals surface area (Å²) in [6.07, 6.45) is -1.05. The van der Waals surface area contributed by atoms with Gasteiger partial charge in [0.25, 0.3) is 0 Å². The number of amides is 2. The van der Waals surface area contributed by atoms with Crippen LogP contribution in [0.3, 0.4) is 0 Å². The fourth-order valence-corrected chi connectivity index (χ4v) is 6.63. The minimum atomic E-state index is -4.49. The SMILES string of the molecule is CC(=O)[C@@H]1[C@H](C)[C@@H]2CN1C(=O)[C@H](C(C)(C)C)NC(=O)O[C@]1(C)C[C@H]1CCCCCc1nc3ccc(OCC(F)(F)F)cc3nc1O2. The lowest BCUT2D eigenvalue weighted by Gasteiger charge is -2.35. The van der Waals surface area contributed by atoms with E-state index >= 15 is 0 Å². The summed E-state index contributed by atoms with van der Waals surface area (Å²) in [6, 6.07) is 2.60. The van der Waals surface area contributed by atoms with Gasteiger partial charge < -0.3 is 24.4 Å². The van der Waals surface area contributed by atoms with Crippen molar-refractivity contribution in [3.05, 3.63) is 23.9 Å². The smallest absolute Gasteiger partial charge is 0.422 e. The van der Waals surface area contributed by atoms with Gasteiger partial charge in [-0.2, -0.15) is 13.2 Å². The van der Waals surface area contributed by atoms with Crippen molar-refractivity contribution in [1.82, 2.24) is 20.2 Å². The fourth-order valence-electron chi connectivity index (χ4n) is 6.63. The van der Waals surface area contributed by atoms with Gasteiger partial charge in [0, 0.05) is 17.9 Å². The van der Waals surface area contributed by atoms with Gasteiger partial charge in [-0.05, 0) is 57.1 Å². The average Bonchev–Trinajstić information content (AvgIpc) is 3.46. The summed E-state index contributed by atoms with van der Waals surface area (Å²) in [5.74, 6) is -0.660. The van der Waals surface area contributed by atoms with Crippen molar-refractivity contribution in [1.29, 1.82) is 0 Å². The van der Waals surface area contributed by atoms with Gasteiger partial charge in [-0.15, -0.1) is 0 Å². The molecular weight excluding hydrogens is 605 g/mol. The molecule has 2 aromatic rings. The van der Waals surface area contributed by atoms with Gasteiger partial charge in [0.2, 0.25) is 11.8 Å². The molecule has 3 heterocycles. The molecule has 1 aromatic heterocycles. The molecule has 0 unspecified atom stereocenters. The third kappa shape index (κ3) is 7.49. The number of alkyl halides is 3. The first-order chi connectivity index (χ1) is 21.4. The molecule has 2 amide bonds. The number of ketones is 1. The maximum atomic E-state index is 14.1. The first kappa shape index (κ1) is 33.7. The van der Waals surface area contributed by atoms with E-state index in [-0.39, 0.29) is 29.9 Å². The molecule has 13 heteroatoms. The van der Waals surface area contributed by atoms with E-state index in [9.17, 15) is 27.6 Å². The third-order valence-corrected chi connectivity index (χ3v) is 9.36. The van der Waals surface area contributed by atoms with E-state index in [0.717, 1.165) is 32.1 Å². The zero-order chi connectivity index (χ0) is 33.6. The van der Waals surface area contributed by atoms with E-state index in [4.69, 9.17) is 19.2 Å². The number of Topliss-reactive ketones (excluding diaryl/α,β-unsaturated/α-hetero) is 1. The second kappa shape index (κ2) is 12.5. The second-order valence-electron chi connectivity index (χ2n) is 14.2. The van der Waals surface area contributed by atoms with Crippen LogP contribution in [0.5, 0.6) is 11.6 Å². The number of hydrogen-bond donors (Lipinski definition) is 1. The number of carbonyl (C=O) groups excluding carboxylic acids is 3. The van der Waals surface area contributed by atoms with Gasteiger partial charge in [0.05, 0.1) is 23.6 Å². The number of aryl methyl sites for hydroxylation is 1. The van der Waals surface area contributed by atoms with Crippen molar-refractivity contribution in [2.45, 2.75) is 110 Å². The molecule has 3 aliphatic rings. The van der Waals surface area contributed by atoms with E-state index in [0.29, 0.717) is 23.1 Å². The van der Waals surface area contributed by atoms with E-state index in [1.165, 1.54) is 24.0 Å². The zero-order valence-electron chi connectivity index (χ0n) is 27.2. The van der Waals surface area contributed by atoms with Crippen molar-refractivity contribution in [3.63, 3.8) is 0 Å². The van der Waals surface area contributed by atoms with Crippen LogP contribution in [0.1, 0.15) is 79.3 Å². The molecule has 5 rings (SSSR count). The molecule has 1 aliphatic carbocycles. The minimum absolute atomic E-state index is 0.00626. The van der Waals surface area contributed by atoms with Gasteiger partial charge in [0.15, 0.2) is 12.4 Å². The maximum absolute atomic E-state index is 14.1. The minimum Gasteiger partial charge on any atom is -0.484 e. The van der Waals surface area contributed by atoms with E-state index in [1.54, 1.807) is 6.07 Å². The Hall–Kier alpha value is -3.64. The lowest BCUT2D eigenvalue weighted by Crippen LogP contribution is -2.57. The summed E-state index contributed by atoms with van der Waals surface area (Å²) in [4.78, 5) is 51.1. The highest BCUT2D eigenvalue weighted by Gasteiger charge is 2.54. The molecule has 6 atom stereocenters. The highest BCUT2D eigenvalue weighted by Crippen LogP contribution is 2.49. The summed E-state index contributed by atoms with van der Waals surface area (Å²) in [5.41, 5.74) is 0.0761. The number of fused-ring (bicyclic) bond motifs is 5. The number of nitrogens with zero attached hydrogens (tertiary/aromatic N) is 3. The molecule has 0 spiro atoms. The Morgan fingerprint density at radius 2 is 1.87 bits per heavy atom. The van der Waals surface area contributed by atoms with Crippen LogP contribution < -0.4 is 14.8 Å². The summed E-state index contributed by atoms with van der Waals surface area (Å²) >= 11 is 0. The van der Waals surface area contributed by atoms with Crippen molar-refractivity contribution in [3.8, 4) is 11.6 Å². The van der Waals surface area contributed by atoms with E-state index in [1.807, 2.05) is 34.6 Å². The van der Waals surface area contributed by atoms with Crippen molar-refractivity contribution < 1.29 is 41.8 Å². The Morgan fingerprint density at radius 1 is 1.13 bits per heavy atom. The Labute approximate surface area is 266 Å². The molecule has 0 radical (unpaired) electrons. The van der Waals surface area contributed by atoms with Gasteiger partial charge >= 0.3 is 12.3 Å². The molecule has 1 aromatic carbocycles. The standard InChI is InChI=1S/C33H43F3N4O6/c1-18-25-16-40(26(18)19(2)41)29(42)27(31(3,4)5)39-30(43)46-32(6)15-20(32)10-8-7-9-11-23-28(45-25)38-24-14-21(12-13-22(24)37-23)44-17-33(34,35)36/h12-14,18,20,25-27H,7-11,15-17H2,1-6H3,(H,39,43)/t18-,20-,25+,26+,27-,32-/m1/s1. The summed E-state index contributed by atoms with van der Waals surface area (Å²) in [5, 5.41) is 2.80. The average molecular weight is 649 g/mol. The highest BCUT2D eigenvalue weighted by atomic mass is 19.4. The van der Waals surface area contributed by atoms with Crippen molar-refractivity contribution >= 4 is 28.8 Å². The molecule has 46 heavy (non-hydrogen) atoms. The lowest BCUT2D eigenvalue weighted by atomic mass is 9.85. The third-order valence-electron chi connectivity index (χ3n) is 9.36. The number of aromatic nitrogens is 2. The van der Waals surface area contributed by atoms with Crippen LogP contribution in [0.2, 0.25) is 0 Å². The van der Waals surface area contributed by atoms with E-state index in [2.05, 4.69) is 10.3 Å². The van der Waals surface area contributed by atoms with Crippen LogP contribution in [0.4, 0.5) is 18.0 Å².